The van der Waals surface area contributed by atoms with Crippen molar-refractivity contribution < 1.29 is 14.4 Å². The first-order valence-corrected chi connectivity index (χ1v) is 10.5. The number of benzene rings is 2. The number of anilines is 1. The van der Waals surface area contributed by atoms with Gasteiger partial charge in [-0.1, -0.05) is 50.6 Å². The fraction of sp³-hybridized carbons (Fsp3) is 0.400. The molecule has 0 heterocycles. The standard InChI is InChI=1S/C25H33N3O3/c1-15-12-16(2)22(17(3)13-15)28-21(29)14-26-23(30)18(4)27-24(31)19-8-10-20(11-9-19)25(5,6)7/h8-13,18H,14H2,1-7H3,(H,26,30)(H,27,31)(H,28,29). The molecule has 6 nitrogen and oxygen atoms in total. The van der Waals surface area contributed by atoms with E-state index in [9.17, 15) is 14.4 Å². The maximum Gasteiger partial charge on any atom is 0.251 e. The van der Waals surface area contributed by atoms with Crippen LogP contribution in [0.1, 0.15) is 60.3 Å². The molecular weight excluding hydrogens is 390 g/mol. The Bertz CT molecular complexity index is 949. The van der Waals surface area contributed by atoms with Gasteiger partial charge in [-0.15, -0.1) is 0 Å². The van der Waals surface area contributed by atoms with Crippen LogP contribution in [0.2, 0.25) is 0 Å². The van der Waals surface area contributed by atoms with Crippen molar-refractivity contribution in [2.75, 3.05) is 11.9 Å². The molecule has 31 heavy (non-hydrogen) atoms. The topological polar surface area (TPSA) is 87.3 Å². The third-order valence-corrected chi connectivity index (χ3v) is 5.12. The molecular formula is C25H33N3O3. The van der Waals surface area contributed by atoms with Gasteiger partial charge < -0.3 is 16.0 Å². The van der Waals surface area contributed by atoms with Crippen LogP contribution < -0.4 is 16.0 Å². The zero-order chi connectivity index (χ0) is 23.3. The zero-order valence-electron chi connectivity index (χ0n) is 19.5. The largest absolute Gasteiger partial charge is 0.345 e. The van der Waals surface area contributed by atoms with Crippen molar-refractivity contribution in [1.29, 1.82) is 0 Å². The molecule has 0 saturated carbocycles. The first-order valence-electron chi connectivity index (χ1n) is 10.5. The van der Waals surface area contributed by atoms with Gasteiger partial charge in [-0.3, -0.25) is 14.4 Å². The Balaban J connectivity index is 1.88. The predicted molar refractivity (Wildman–Crippen MR) is 124 cm³/mol. The van der Waals surface area contributed by atoms with Crippen molar-refractivity contribution in [2.45, 2.75) is 59.9 Å². The Morgan fingerprint density at radius 1 is 0.935 bits per heavy atom. The average molecular weight is 424 g/mol. The van der Waals surface area contributed by atoms with Gasteiger partial charge in [0, 0.05) is 11.3 Å². The fourth-order valence-corrected chi connectivity index (χ4v) is 3.35. The minimum Gasteiger partial charge on any atom is -0.345 e. The normalized spacial score (nSPS) is 12.1. The SMILES string of the molecule is Cc1cc(C)c(NC(=O)CNC(=O)C(C)NC(=O)c2ccc(C(C)(C)C)cc2)c(C)c1. The Kier molecular flexibility index (Phi) is 7.60. The summed E-state index contributed by atoms with van der Waals surface area (Å²) < 4.78 is 0. The number of hydrogen-bond acceptors (Lipinski definition) is 3. The molecule has 0 aliphatic heterocycles. The van der Waals surface area contributed by atoms with E-state index >= 15 is 0 Å². The molecule has 2 rings (SSSR count). The molecule has 3 N–H and O–H groups in total. The lowest BCUT2D eigenvalue weighted by Crippen LogP contribution is -2.46. The molecule has 0 aliphatic carbocycles. The van der Waals surface area contributed by atoms with Gasteiger partial charge in [-0.2, -0.15) is 0 Å². The van der Waals surface area contributed by atoms with Crippen LogP contribution in [0.25, 0.3) is 0 Å². The van der Waals surface area contributed by atoms with Crippen LogP contribution in [-0.4, -0.2) is 30.3 Å². The zero-order valence-corrected chi connectivity index (χ0v) is 19.5. The van der Waals surface area contributed by atoms with Crippen LogP contribution in [0.15, 0.2) is 36.4 Å². The molecule has 0 radical (unpaired) electrons. The highest BCUT2D eigenvalue weighted by molar-refractivity contribution is 5.99. The third kappa shape index (κ3) is 6.67. The van der Waals surface area contributed by atoms with Crippen LogP contribution in [0, 0.1) is 20.8 Å². The van der Waals surface area contributed by atoms with E-state index in [1.54, 1.807) is 19.1 Å². The lowest BCUT2D eigenvalue weighted by Gasteiger charge is -2.19. The summed E-state index contributed by atoms with van der Waals surface area (Å²) in [6.07, 6.45) is 0. The summed E-state index contributed by atoms with van der Waals surface area (Å²) in [5.41, 5.74) is 5.42. The molecule has 2 aromatic rings. The number of carbonyl (C=O) groups excluding carboxylic acids is 3. The summed E-state index contributed by atoms with van der Waals surface area (Å²) in [7, 11) is 0. The van der Waals surface area contributed by atoms with Gasteiger partial charge >= 0.3 is 0 Å². The molecule has 1 atom stereocenters. The van der Waals surface area contributed by atoms with E-state index in [1.807, 2.05) is 45.0 Å². The minimum absolute atomic E-state index is 0.00157. The quantitative estimate of drug-likeness (QED) is 0.661. The summed E-state index contributed by atoms with van der Waals surface area (Å²) in [5.74, 6) is -1.08. The Morgan fingerprint density at radius 2 is 1.48 bits per heavy atom. The fourth-order valence-electron chi connectivity index (χ4n) is 3.35. The molecule has 0 spiro atoms. The molecule has 6 heteroatoms. The third-order valence-electron chi connectivity index (χ3n) is 5.12. The van der Waals surface area contributed by atoms with Crippen LogP contribution in [0.5, 0.6) is 0 Å². The number of hydrogen-bond donors (Lipinski definition) is 3. The molecule has 0 fully saturated rings. The van der Waals surface area contributed by atoms with Gasteiger partial charge in [0.05, 0.1) is 6.54 Å². The maximum atomic E-state index is 12.4. The van der Waals surface area contributed by atoms with Crippen molar-refractivity contribution in [2.24, 2.45) is 0 Å². The predicted octanol–water partition coefficient (Wildman–Crippen LogP) is 3.78. The molecule has 0 aliphatic rings. The number of aryl methyl sites for hydroxylation is 3. The van der Waals surface area contributed by atoms with Crippen molar-refractivity contribution in [1.82, 2.24) is 10.6 Å². The molecule has 3 amide bonds. The Morgan fingerprint density at radius 3 is 2.00 bits per heavy atom. The van der Waals surface area contributed by atoms with Crippen molar-refractivity contribution in [3.8, 4) is 0 Å². The van der Waals surface area contributed by atoms with Gasteiger partial charge in [-0.25, -0.2) is 0 Å². The van der Waals surface area contributed by atoms with E-state index in [4.69, 9.17) is 0 Å². The van der Waals surface area contributed by atoms with E-state index in [1.165, 1.54) is 0 Å². The van der Waals surface area contributed by atoms with E-state index < -0.39 is 11.9 Å². The second kappa shape index (κ2) is 9.77. The molecule has 166 valence electrons. The highest BCUT2D eigenvalue weighted by Gasteiger charge is 2.19. The average Bonchev–Trinajstić information content (AvgIpc) is 2.68. The Labute approximate surface area is 184 Å². The van der Waals surface area contributed by atoms with Gasteiger partial charge in [-0.05, 0) is 61.9 Å². The van der Waals surface area contributed by atoms with E-state index in [0.29, 0.717) is 5.56 Å². The number of carbonyl (C=O) groups is 3. The maximum absolute atomic E-state index is 12.4. The van der Waals surface area contributed by atoms with Gasteiger partial charge in [0.25, 0.3) is 5.91 Å². The van der Waals surface area contributed by atoms with Crippen molar-refractivity contribution in [3.05, 3.63) is 64.2 Å². The van der Waals surface area contributed by atoms with Gasteiger partial charge in [0.15, 0.2) is 0 Å². The smallest absolute Gasteiger partial charge is 0.251 e. The minimum atomic E-state index is -0.773. The second-order valence-electron chi connectivity index (χ2n) is 9.06. The van der Waals surface area contributed by atoms with E-state index in [-0.39, 0.29) is 23.8 Å². The molecule has 0 aromatic heterocycles. The second-order valence-corrected chi connectivity index (χ2v) is 9.06. The van der Waals surface area contributed by atoms with Crippen LogP contribution in [0.3, 0.4) is 0 Å². The number of amides is 3. The van der Waals surface area contributed by atoms with Gasteiger partial charge in [0.2, 0.25) is 11.8 Å². The van der Waals surface area contributed by atoms with Crippen molar-refractivity contribution in [3.63, 3.8) is 0 Å². The van der Waals surface area contributed by atoms with Crippen LogP contribution >= 0.6 is 0 Å². The summed E-state index contributed by atoms with van der Waals surface area (Å²) in [6, 6.07) is 10.5. The Hall–Kier alpha value is -3.15. The lowest BCUT2D eigenvalue weighted by molar-refractivity contribution is -0.125. The summed E-state index contributed by atoms with van der Waals surface area (Å²) in [4.78, 5) is 37.0. The summed E-state index contributed by atoms with van der Waals surface area (Å²) >= 11 is 0. The molecule has 0 bridgehead atoms. The highest BCUT2D eigenvalue weighted by atomic mass is 16.2. The lowest BCUT2D eigenvalue weighted by atomic mass is 9.86. The van der Waals surface area contributed by atoms with E-state index in [2.05, 4.69) is 36.7 Å². The monoisotopic (exact) mass is 423 g/mol. The van der Waals surface area contributed by atoms with Crippen molar-refractivity contribution >= 4 is 23.4 Å². The van der Waals surface area contributed by atoms with Gasteiger partial charge in [0.1, 0.15) is 6.04 Å². The summed E-state index contributed by atoms with van der Waals surface area (Å²) in [5, 5.41) is 8.09. The molecule has 2 aromatic carbocycles. The van der Waals surface area contributed by atoms with Crippen LogP contribution in [0.4, 0.5) is 5.69 Å². The van der Waals surface area contributed by atoms with Crippen LogP contribution in [-0.2, 0) is 15.0 Å². The molecule has 1 unspecified atom stereocenters. The number of rotatable bonds is 6. The first kappa shape index (κ1) is 24.1. The first-order chi connectivity index (χ1) is 14.4. The van der Waals surface area contributed by atoms with E-state index in [0.717, 1.165) is 27.9 Å². The highest BCUT2D eigenvalue weighted by Crippen LogP contribution is 2.22. The number of nitrogens with one attached hydrogen (secondary N) is 3. The summed E-state index contributed by atoms with van der Waals surface area (Å²) in [6.45, 7) is 13.6. The molecule has 0 saturated heterocycles.